The minimum Gasteiger partial charge on any atom is -0.478 e. The zero-order valence-electron chi connectivity index (χ0n) is 6.69. The predicted octanol–water partition coefficient (Wildman–Crippen LogP) is 1.57. The van der Waals surface area contributed by atoms with Crippen LogP contribution in [0.3, 0.4) is 0 Å². The molecule has 0 aliphatic carbocycles. The van der Waals surface area contributed by atoms with Crippen LogP contribution in [0.25, 0.3) is 5.57 Å². The molecule has 1 rings (SSSR count). The lowest BCUT2D eigenvalue weighted by molar-refractivity contribution is -0.130. The molecule has 1 aromatic rings. The highest BCUT2D eigenvalue weighted by Crippen LogP contribution is 2.09. The lowest BCUT2D eigenvalue weighted by Gasteiger charge is -1.98. The van der Waals surface area contributed by atoms with Crippen LogP contribution in [-0.4, -0.2) is 16.1 Å². The number of allylic oxidation sites excluding steroid dienone is 1. The van der Waals surface area contributed by atoms with Crippen molar-refractivity contribution in [2.45, 2.75) is 6.92 Å². The molecule has 0 aromatic carbocycles. The lowest BCUT2D eigenvalue weighted by Crippen LogP contribution is -2.00. The van der Waals surface area contributed by atoms with E-state index in [1.807, 2.05) is 0 Å². The Bertz CT molecular complexity index is 304. The van der Waals surface area contributed by atoms with E-state index in [1.54, 1.807) is 31.3 Å². The Kier molecular flexibility index (Phi) is 2.58. The molecule has 0 fully saturated rings. The molecule has 0 aliphatic heterocycles. The van der Waals surface area contributed by atoms with Crippen molar-refractivity contribution in [3.8, 4) is 0 Å². The molecule has 0 atom stereocenters. The molecular formula is C9H9NO2. The van der Waals surface area contributed by atoms with E-state index < -0.39 is 5.97 Å². The van der Waals surface area contributed by atoms with Crippen LogP contribution in [0.5, 0.6) is 0 Å². The van der Waals surface area contributed by atoms with E-state index in [-0.39, 0.29) is 5.57 Å². The monoisotopic (exact) mass is 163 g/mol. The number of aliphatic carboxylic acids is 1. The van der Waals surface area contributed by atoms with Crippen LogP contribution in [0.15, 0.2) is 30.5 Å². The van der Waals surface area contributed by atoms with Gasteiger partial charge in [0.25, 0.3) is 0 Å². The second-order valence-electron chi connectivity index (χ2n) is 2.22. The van der Waals surface area contributed by atoms with E-state index in [2.05, 4.69) is 4.98 Å². The van der Waals surface area contributed by atoms with Gasteiger partial charge in [0.15, 0.2) is 0 Å². The summed E-state index contributed by atoms with van der Waals surface area (Å²) >= 11 is 0. The van der Waals surface area contributed by atoms with Crippen LogP contribution in [0.1, 0.15) is 12.6 Å². The van der Waals surface area contributed by atoms with E-state index in [0.717, 1.165) is 0 Å². The number of hydrogen-bond acceptors (Lipinski definition) is 2. The fourth-order valence-corrected chi connectivity index (χ4v) is 0.903. The number of pyridine rings is 1. The number of carbonyl (C=O) groups is 1. The number of hydrogen-bond donors (Lipinski definition) is 1. The summed E-state index contributed by atoms with van der Waals surface area (Å²) in [5.41, 5.74) is 0.725. The van der Waals surface area contributed by atoms with Crippen molar-refractivity contribution in [3.63, 3.8) is 0 Å². The molecule has 3 nitrogen and oxygen atoms in total. The molecule has 3 heteroatoms. The summed E-state index contributed by atoms with van der Waals surface area (Å²) in [6, 6.07) is 5.18. The molecule has 0 spiro atoms. The number of aromatic nitrogens is 1. The Balaban J connectivity index is 3.05. The Labute approximate surface area is 70.4 Å². The molecule has 1 heterocycles. The van der Waals surface area contributed by atoms with Gasteiger partial charge in [0, 0.05) is 6.20 Å². The summed E-state index contributed by atoms with van der Waals surface area (Å²) in [6.07, 6.45) is 3.10. The average Bonchev–Trinajstić information content (AvgIpc) is 2.07. The first-order valence-corrected chi connectivity index (χ1v) is 3.56. The van der Waals surface area contributed by atoms with E-state index in [1.165, 1.54) is 6.08 Å². The SMILES string of the molecule is C/C=C(\C(=O)O)c1ccccn1. The number of nitrogens with zero attached hydrogens (tertiary/aromatic N) is 1. The molecule has 1 aromatic heterocycles. The van der Waals surface area contributed by atoms with Crippen molar-refractivity contribution in [2.24, 2.45) is 0 Å². The van der Waals surface area contributed by atoms with Gasteiger partial charge in [-0.3, -0.25) is 4.98 Å². The van der Waals surface area contributed by atoms with Crippen LogP contribution in [0.2, 0.25) is 0 Å². The maximum atomic E-state index is 10.6. The fourth-order valence-electron chi connectivity index (χ4n) is 0.903. The first-order chi connectivity index (χ1) is 5.75. The Morgan fingerprint density at radius 3 is 2.75 bits per heavy atom. The van der Waals surface area contributed by atoms with Crippen molar-refractivity contribution in [1.29, 1.82) is 0 Å². The highest BCUT2D eigenvalue weighted by molar-refractivity contribution is 6.14. The summed E-state index contributed by atoms with van der Waals surface area (Å²) in [5.74, 6) is -0.948. The largest absolute Gasteiger partial charge is 0.478 e. The van der Waals surface area contributed by atoms with Gasteiger partial charge in [0.1, 0.15) is 0 Å². The molecule has 12 heavy (non-hydrogen) atoms. The molecule has 0 aliphatic rings. The van der Waals surface area contributed by atoms with E-state index in [9.17, 15) is 4.79 Å². The smallest absolute Gasteiger partial charge is 0.337 e. The molecule has 62 valence electrons. The summed E-state index contributed by atoms with van der Waals surface area (Å²) in [5, 5.41) is 8.72. The maximum Gasteiger partial charge on any atom is 0.337 e. The Morgan fingerprint density at radius 2 is 2.33 bits per heavy atom. The van der Waals surface area contributed by atoms with Gasteiger partial charge in [-0.25, -0.2) is 4.79 Å². The van der Waals surface area contributed by atoms with Gasteiger partial charge < -0.3 is 5.11 Å². The zero-order chi connectivity index (χ0) is 8.97. The molecule has 0 unspecified atom stereocenters. The van der Waals surface area contributed by atoms with Crippen LogP contribution in [0, 0.1) is 0 Å². The standard InChI is InChI=1S/C9H9NO2/c1-2-7(9(11)12)8-5-3-4-6-10-8/h2-6H,1H3,(H,11,12)/b7-2-. The van der Waals surface area contributed by atoms with Crippen LogP contribution >= 0.6 is 0 Å². The number of rotatable bonds is 2. The third-order valence-corrected chi connectivity index (χ3v) is 1.46. The highest BCUT2D eigenvalue weighted by atomic mass is 16.4. The zero-order valence-corrected chi connectivity index (χ0v) is 6.69. The molecule has 0 radical (unpaired) electrons. The molecular weight excluding hydrogens is 154 g/mol. The minimum atomic E-state index is -0.948. The highest BCUT2D eigenvalue weighted by Gasteiger charge is 2.08. The molecule has 0 saturated heterocycles. The third-order valence-electron chi connectivity index (χ3n) is 1.46. The maximum absolute atomic E-state index is 10.6. The summed E-state index contributed by atoms with van der Waals surface area (Å²) in [4.78, 5) is 14.5. The van der Waals surface area contributed by atoms with Gasteiger partial charge in [-0.05, 0) is 19.1 Å². The van der Waals surface area contributed by atoms with E-state index >= 15 is 0 Å². The molecule has 0 saturated carbocycles. The van der Waals surface area contributed by atoms with Gasteiger partial charge in [0.2, 0.25) is 0 Å². The number of carboxylic acid groups (broad SMARTS) is 1. The minimum absolute atomic E-state index is 0.232. The van der Waals surface area contributed by atoms with Gasteiger partial charge in [0.05, 0.1) is 11.3 Å². The van der Waals surface area contributed by atoms with Crippen LogP contribution in [-0.2, 0) is 4.79 Å². The van der Waals surface area contributed by atoms with Crippen molar-refractivity contribution < 1.29 is 9.90 Å². The quantitative estimate of drug-likeness (QED) is 0.673. The number of carboxylic acids is 1. The van der Waals surface area contributed by atoms with E-state index in [4.69, 9.17) is 5.11 Å². The first kappa shape index (κ1) is 8.46. The Morgan fingerprint density at radius 1 is 1.58 bits per heavy atom. The molecule has 1 N–H and O–H groups in total. The summed E-state index contributed by atoms with van der Waals surface area (Å²) in [7, 11) is 0. The van der Waals surface area contributed by atoms with Crippen LogP contribution < -0.4 is 0 Å². The van der Waals surface area contributed by atoms with Crippen molar-refractivity contribution >= 4 is 11.5 Å². The summed E-state index contributed by atoms with van der Waals surface area (Å²) < 4.78 is 0. The van der Waals surface area contributed by atoms with Gasteiger partial charge in [-0.2, -0.15) is 0 Å². The fraction of sp³-hybridized carbons (Fsp3) is 0.111. The molecule has 0 amide bonds. The van der Waals surface area contributed by atoms with Crippen molar-refractivity contribution in [3.05, 3.63) is 36.2 Å². The van der Waals surface area contributed by atoms with E-state index in [0.29, 0.717) is 5.69 Å². The third kappa shape index (κ3) is 1.69. The summed E-state index contributed by atoms with van der Waals surface area (Å²) in [6.45, 7) is 1.68. The van der Waals surface area contributed by atoms with Gasteiger partial charge >= 0.3 is 5.97 Å². The van der Waals surface area contributed by atoms with Crippen molar-refractivity contribution in [2.75, 3.05) is 0 Å². The Hall–Kier alpha value is -1.64. The average molecular weight is 163 g/mol. The normalized spacial score (nSPS) is 11.2. The second kappa shape index (κ2) is 3.67. The first-order valence-electron chi connectivity index (χ1n) is 3.56. The van der Waals surface area contributed by atoms with Gasteiger partial charge in [-0.15, -0.1) is 0 Å². The molecule has 0 bridgehead atoms. The van der Waals surface area contributed by atoms with Crippen LogP contribution in [0.4, 0.5) is 0 Å². The second-order valence-corrected chi connectivity index (χ2v) is 2.22. The van der Waals surface area contributed by atoms with Gasteiger partial charge in [-0.1, -0.05) is 12.1 Å². The predicted molar refractivity (Wildman–Crippen MR) is 45.5 cm³/mol. The lowest BCUT2D eigenvalue weighted by atomic mass is 10.1. The van der Waals surface area contributed by atoms with Crippen molar-refractivity contribution in [1.82, 2.24) is 4.98 Å². The topological polar surface area (TPSA) is 50.2 Å².